The van der Waals surface area contributed by atoms with Crippen LogP contribution in [0, 0.1) is 0 Å². The Morgan fingerprint density at radius 3 is 2.42 bits per heavy atom. The summed E-state index contributed by atoms with van der Waals surface area (Å²) in [6.45, 7) is 4.27. The molecule has 1 atom stereocenters. The molecule has 3 amide bonds. The highest BCUT2D eigenvalue weighted by molar-refractivity contribution is 6.07. The van der Waals surface area contributed by atoms with Gasteiger partial charge in [0.1, 0.15) is 5.54 Å². The van der Waals surface area contributed by atoms with Crippen molar-refractivity contribution in [2.45, 2.75) is 31.9 Å². The minimum atomic E-state index is -1.02. The Labute approximate surface area is 112 Å². The van der Waals surface area contributed by atoms with Crippen molar-refractivity contribution in [3.63, 3.8) is 0 Å². The molecule has 0 saturated carbocycles. The Balaban J connectivity index is 2.24. The van der Waals surface area contributed by atoms with Crippen LogP contribution in [0.3, 0.4) is 0 Å². The summed E-state index contributed by atoms with van der Waals surface area (Å²) in [6.07, 6.45) is 0.500. The van der Waals surface area contributed by atoms with Crippen molar-refractivity contribution in [2.75, 3.05) is 6.61 Å². The number of amides is 3. The van der Waals surface area contributed by atoms with E-state index in [1.165, 1.54) is 0 Å². The highest BCUT2D eigenvalue weighted by Crippen LogP contribution is 2.28. The molecule has 1 aromatic carbocycles. The molecule has 1 aromatic rings. The van der Waals surface area contributed by atoms with Gasteiger partial charge in [0.05, 0.1) is 12.7 Å². The van der Waals surface area contributed by atoms with Crippen molar-refractivity contribution >= 4 is 11.9 Å². The van der Waals surface area contributed by atoms with E-state index in [-0.39, 0.29) is 12.0 Å². The Morgan fingerprint density at radius 2 is 1.89 bits per heavy atom. The topological polar surface area (TPSA) is 67.4 Å². The average Bonchev–Trinajstić information content (AvgIpc) is 2.66. The highest BCUT2D eigenvalue weighted by Gasteiger charge is 2.47. The molecule has 1 fully saturated rings. The second-order valence-electron chi connectivity index (χ2n) is 4.85. The van der Waals surface area contributed by atoms with Crippen LogP contribution in [0.25, 0.3) is 0 Å². The van der Waals surface area contributed by atoms with Gasteiger partial charge in [-0.15, -0.1) is 0 Å². The van der Waals surface area contributed by atoms with E-state index < -0.39 is 11.6 Å². The maximum absolute atomic E-state index is 12.1. The molecule has 0 aromatic heterocycles. The van der Waals surface area contributed by atoms with Gasteiger partial charge >= 0.3 is 6.03 Å². The number of imide groups is 1. The van der Waals surface area contributed by atoms with Crippen LogP contribution in [0.1, 0.15) is 25.8 Å². The highest BCUT2D eigenvalue weighted by atomic mass is 16.5. The van der Waals surface area contributed by atoms with Crippen LogP contribution in [0.4, 0.5) is 4.79 Å². The Bertz CT molecular complexity index is 473. The monoisotopic (exact) mass is 262 g/mol. The SMILES string of the molecule is CC(C)OCCC1(c2ccccc2)NC(=O)NC1=O. The number of ether oxygens (including phenoxy) is 1. The van der Waals surface area contributed by atoms with Crippen LogP contribution in [0.5, 0.6) is 0 Å². The molecule has 0 spiro atoms. The molecule has 102 valence electrons. The second kappa shape index (κ2) is 5.40. The molecule has 0 bridgehead atoms. The number of carbonyl (C=O) groups is 2. The lowest BCUT2D eigenvalue weighted by molar-refractivity contribution is -0.125. The number of hydrogen-bond acceptors (Lipinski definition) is 3. The van der Waals surface area contributed by atoms with Gasteiger partial charge in [-0.1, -0.05) is 30.3 Å². The third kappa shape index (κ3) is 2.76. The molecule has 0 aliphatic carbocycles. The molecule has 2 N–H and O–H groups in total. The van der Waals surface area contributed by atoms with Gasteiger partial charge in [0.2, 0.25) is 0 Å². The minimum Gasteiger partial charge on any atom is -0.379 e. The summed E-state index contributed by atoms with van der Waals surface area (Å²) in [4.78, 5) is 23.6. The quantitative estimate of drug-likeness (QED) is 0.791. The van der Waals surface area contributed by atoms with Crippen molar-refractivity contribution in [1.29, 1.82) is 0 Å². The lowest BCUT2D eigenvalue weighted by Gasteiger charge is -2.26. The summed E-state index contributed by atoms with van der Waals surface area (Å²) in [5.41, 5.74) is -0.251. The summed E-state index contributed by atoms with van der Waals surface area (Å²) in [5.74, 6) is -0.323. The molecule has 5 nitrogen and oxygen atoms in total. The fourth-order valence-corrected chi connectivity index (χ4v) is 2.19. The molecular formula is C14H18N2O3. The molecule has 1 aliphatic heterocycles. The van der Waals surface area contributed by atoms with E-state index in [0.29, 0.717) is 13.0 Å². The molecule has 5 heteroatoms. The lowest BCUT2D eigenvalue weighted by atomic mass is 9.87. The Hall–Kier alpha value is -1.88. The zero-order valence-corrected chi connectivity index (χ0v) is 11.1. The van der Waals surface area contributed by atoms with E-state index in [2.05, 4.69) is 10.6 Å². The third-order valence-electron chi connectivity index (χ3n) is 3.14. The predicted octanol–water partition coefficient (Wildman–Crippen LogP) is 1.54. The predicted molar refractivity (Wildman–Crippen MR) is 70.5 cm³/mol. The zero-order chi connectivity index (χ0) is 13.9. The molecular weight excluding hydrogens is 244 g/mol. The van der Waals surface area contributed by atoms with Gasteiger partial charge in [0.15, 0.2) is 0 Å². The van der Waals surface area contributed by atoms with Crippen LogP contribution in [-0.2, 0) is 15.1 Å². The smallest absolute Gasteiger partial charge is 0.322 e. The molecule has 1 heterocycles. The largest absolute Gasteiger partial charge is 0.379 e. The van der Waals surface area contributed by atoms with E-state index in [0.717, 1.165) is 5.56 Å². The molecule has 0 radical (unpaired) electrons. The van der Waals surface area contributed by atoms with Crippen LogP contribution < -0.4 is 10.6 Å². The van der Waals surface area contributed by atoms with Gasteiger partial charge < -0.3 is 10.1 Å². The molecule has 1 saturated heterocycles. The number of nitrogens with one attached hydrogen (secondary N) is 2. The number of rotatable bonds is 5. The van der Waals surface area contributed by atoms with E-state index in [1.54, 1.807) is 0 Å². The van der Waals surface area contributed by atoms with E-state index in [9.17, 15) is 9.59 Å². The van der Waals surface area contributed by atoms with Crippen LogP contribution in [-0.4, -0.2) is 24.6 Å². The maximum atomic E-state index is 12.1. The maximum Gasteiger partial charge on any atom is 0.322 e. The van der Waals surface area contributed by atoms with Crippen molar-refractivity contribution in [3.8, 4) is 0 Å². The standard InChI is InChI=1S/C14H18N2O3/c1-10(2)19-9-8-14(11-6-4-3-5-7-11)12(17)15-13(18)16-14/h3-7,10H,8-9H2,1-2H3,(H2,15,16,17,18). The second-order valence-corrected chi connectivity index (χ2v) is 4.85. The van der Waals surface area contributed by atoms with Gasteiger partial charge in [-0.2, -0.15) is 0 Å². The number of carbonyl (C=O) groups excluding carboxylic acids is 2. The van der Waals surface area contributed by atoms with E-state index in [4.69, 9.17) is 4.74 Å². The van der Waals surface area contributed by atoms with E-state index in [1.807, 2.05) is 44.2 Å². The minimum absolute atomic E-state index is 0.0907. The van der Waals surface area contributed by atoms with Crippen LogP contribution in [0.2, 0.25) is 0 Å². The normalized spacial score (nSPS) is 22.5. The van der Waals surface area contributed by atoms with Gasteiger partial charge in [0, 0.05) is 6.42 Å². The Kier molecular flexibility index (Phi) is 3.85. The van der Waals surface area contributed by atoms with Gasteiger partial charge in [-0.05, 0) is 19.4 Å². The summed E-state index contributed by atoms with van der Waals surface area (Å²) in [5, 5.41) is 5.03. The van der Waals surface area contributed by atoms with Crippen LogP contribution >= 0.6 is 0 Å². The van der Waals surface area contributed by atoms with E-state index >= 15 is 0 Å². The van der Waals surface area contributed by atoms with Crippen molar-refractivity contribution in [2.24, 2.45) is 0 Å². The number of hydrogen-bond donors (Lipinski definition) is 2. The van der Waals surface area contributed by atoms with Gasteiger partial charge in [-0.25, -0.2) is 4.79 Å². The van der Waals surface area contributed by atoms with Crippen molar-refractivity contribution in [1.82, 2.24) is 10.6 Å². The first kappa shape index (κ1) is 13.5. The van der Waals surface area contributed by atoms with Crippen molar-refractivity contribution < 1.29 is 14.3 Å². The van der Waals surface area contributed by atoms with Gasteiger partial charge in [0.25, 0.3) is 5.91 Å². The third-order valence-corrected chi connectivity index (χ3v) is 3.14. The average molecular weight is 262 g/mol. The number of benzene rings is 1. The first-order valence-electron chi connectivity index (χ1n) is 6.35. The fourth-order valence-electron chi connectivity index (χ4n) is 2.19. The zero-order valence-electron chi connectivity index (χ0n) is 11.1. The molecule has 19 heavy (non-hydrogen) atoms. The number of urea groups is 1. The summed E-state index contributed by atoms with van der Waals surface area (Å²) < 4.78 is 5.50. The van der Waals surface area contributed by atoms with Gasteiger partial charge in [-0.3, -0.25) is 10.1 Å². The summed E-state index contributed by atoms with van der Waals surface area (Å²) in [7, 11) is 0. The molecule has 1 unspecified atom stereocenters. The van der Waals surface area contributed by atoms with Crippen molar-refractivity contribution in [3.05, 3.63) is 35.9 Å². The lowest BCUT2D eigenvalue weighted by Crippen LogP contribution is -2.44. The summed E-state index contributed by atoms with van der Waals surface area (Å²) in [6, 6.07) is 8.77. The molecule has 1 aliphatic rings. The Morgan fingerprint density at radius 1 is 1.21 bits per heavy atom. The first-order valence-corrected chi connectivity index (χ1v) is 6.35. The first-order chi connectivity index (χ1) is 9.04. The molecule has 2 rings (SSSR count). The fraction of sp³-hybridized carbons (Fsp3) is 0.429. The summed E-state index contributed by atoms with van der Waals surface area (Å²) >= 11 is 0. The van der Waals surface area contributed by atoms with Crippen LogP contribution in [0.15, 0.2) is 30.3 Å².